The molecule has 0 atom stereocenters. The fraction of sp³-hybridized carbons (Fsp3) is 0.750. The summed E-state index contributed by atoms with van der Waals surface area (Å²) in [4.78, 5) is 9.67. The normalized spacial score (nSPS) is 8.14. The van der Waals surface area contributed by atoms with Gasteiger partial charge in [-0.2, -0.15) is 0 Å². The predicted molar refractivity (Wildman–Crippen MR) is 33.5 cm³/mol. The van der Waals surface area contributed by atoms with Crippen molar-refractivity contribution >= 4 is 33.1 Å². The number of carbonyl (C=O) groups excluding carboxylic acids is 1. The Labute approximate surface area is 54.8 Å². The third-order valence-corrected chi connectivity index (χ3v) is 2.92. The topological polar surface area (TPSA) is 17.1 Å². The van der Waals surface area contributed by atoms with Gasteiger partial charge in [-0.15, -0.1) is 11.6 Å². The average Bonchev–Trinajstić information content (AvgIpc) is 1.69. The molecule has 3 heteroatoms. The molecule has 0 spiro atoms. The second kappa shape index (κ2) is 6.49. The van der Waals surface area contributed by atoms with Crippen LogP contribution in [0.5, 0.6) is 0 Å². The molecule has 0 heterocycles. The molecule has 0 saturated carbocycles. The van der Waals surface area contributed by atoms with E-state index in [-0.39, 0.29) is 15.2 Å². The van der Waals surface area contributed by atoms with Crippen molar-refractivity contribution in [2.45, 2.75) is 10.6 Å². The molecule has 7 heavy (non-hydrogen) atoms. The summed E-state index contributed by atoms with van der Waals surface area (Å²) in [6, 6.07) is 0. The van der Waals surface area contributed by atoms with Gasteiger partial charge in [-0.05, 0) is 5.28 Å². The number of aldehydes is 1. The van der Waals surface area contributed by atoms with E-state index in [1.807, 2.05) is 0 Å². The highest BCUT2D eigenvalue weighted by molar-refractivity contribution is 6.41. The maximum Gasteiger partial charge on any atom is 0.249 e. The van der Waals surface area contributed by atoms with Crippen molar-refractivity contribution < 1.29 is 4.79 Å². The van der Waals surface area contributed by atoms with E-state index in [9.17, 15) is 4.79 Å². The third-order valence-electron chi connectivity index (χ3n) is 0.706. The predicted octanol–water partition coefficient (Wildman–Crippen LogP) is 0.697. The molecule has 0 aliphatic carbocycles. The number of rotatable bonds is 4. The van der Waals surface area contributed by atoms with E-state index in [0.29, 0.717) is 0 Å². The van der Waals surface area contributed by atoms with Gasteiger partial charge in [-0.25, -0.2) is 0 Å². The van der Waals surface area contributed by atoms with Gasteiger partial charge < -0.3 is 4.79 Å². The number of halogens is 1. The van der Waals surface area contributed by atoms with Crippen LogP contribution < -0.4 is 0 Å². The van der Waals surface area contributed by atoms with Crippen molar-refractivity contribution in [3.8, 4) is 0 Å². The molecule has 1 nitrogen and oxygen atoms in total. The lowest BCUT2D eigenvalue weighted by Crippen LogP contribution is -1.88. The minimum atomic E-state index is -0.0887. The molecular formula is C4H8AlClO. The Bertz CT molecular complexity index is 49.0. The lowest BCUT2D eigenvalue weighted by molar-refractivity contribution is -0.106. The van der Waals surface area contributed by atoms with Crippen LogP contribution >= 0.6 is 11.6 Å². The van der Waals surface area contributed by atoms with E-state index in [1.54, 1.807) is 0 Å². The van der Waals surface area contributed by atoms with Crippen LogP contribution in [0.3, 0.4) is 0 Å². The second-order valence-corrected chi connectivity index (χ2v) is 3.72. The minimum Gasteiger partial charge on any atom is -0.305 e. The summed E-state index contributed by atoms with van der Waals surface area (Å²) in [7, 11) is 0. The first kappa shape index (κ1) is 7.49. The zero-order valence-electron chi connectivity index (χ0n) is 4.19. The highest BCUT2D eigenvalue weighted by Gasteiger charge is 1.87. The smallest absolute Gasteiger partial charge is 0.249 e. The zero-order valence-corrected chi connectivity index (χ0v) is 6.36. The molecule has 40 valence electrons. The molecule has 0 rings (SSSR count). The number of hydrogen-bond acceptors (Lipinski definition) is 1. The molecule has 0 bridgehead atoms. The largest absolute Gasteiger partial charge is 0.305 e. The highest BCUT2D eigenvalue weighted by atomic mass is 35.5. The summed E-state index contributed by atoms with van der Waals surface area (Å²) in [6.07, 6.45) is 0.985. The van der Waals surface area contributed by atoms with Crippen molar-refractivity contribution in [1.82, 2.24) is 0 Å². The van der Waals surface area contributed by atoms with Gasteiger partial charge in [0.25, 0.3) is 0 Å². The van der Waals surface area contributed by atoms with Crippen molar-refractivity contribution in [2.24, 2.45) is 0 Å². The van der Waals surface area contributed by atoms with E-state index < -0.39 is 0 Å². The molecule has 0 amide bonds. The van der Waals surface area contributed by atoms with Crippen molar-refractivity contribution in [3.05, 3.63) is 0 Å². The minimum absolute atomic E-state index is 0.0887. The van der Waals surface area contributed by atoms with E-state index in [0.717, 1.165) is 22.7 Å². The standard InChI is InChI=1S/C2H4Cl.C2H3O.Al.H/c2*1-2-3;;/h1-2H2;2H,1H2;;. The Morgan fingerprint density at radius 3 is 2.86 bits per heavy atom. The molecule has 0 N–H and O–H groups in total. The summed E-state index contributed by atoms with van der Waals surface area (Å²) in [5, 5.41) is 1.90. The zero-order chi connectivity index (χ0) is 5.54. The van der Waals surface area contributed by atoms with Gasteiger partial charge in [-0.1, -0.05) is 5.28 Å². The first-order valence-electron chi connectivity index (χ1n) is 2.41. The fourth-order valence-corrected chi connectivity index (χ4v) is 1.53. The molecule has 0 fully saturated rings. The van der Waals surface area contributed by atoms with Crippen LogP contribution in [0.2, 0.25) is 10.6 Å². The van der Waals surface area contributed by atoms with Crippen LogP contribution in [0.15, 0.2) is 0 Å². The second-order valence-electron chi connectivity index (χ2n) is 1.35. The van der Waals surface area contributed by atoms with Gasteiger partial charge >= 0.3 is 0 Å². The van der Waals surface area contributed by atoms with Crippen LogP contribution in [-0.2, 0) is 4.79 Å². The van der Waals surface area contributed by atoms with Gasteiger partial charge in [-0.3, -0.25) is 0 Å². The summed E-state index contributed by atoms with van der Waals surface area (Å²) in [5.74, 6) is 0.736. The van der Waals surface area contributed by atoms with Crippen LogP contribution in [0.1, 0.15) is 0 Å². The van der Waals surface area contributed by atoms with E-state index in [2.05, 4.69) is 0 Å². The Balaban J connectivity index is 2.56. The van der Waals surface area contributed by atoms with Gasteiger partial charge in [0.05, 0.1) is 0 Å². The summed E-state index contributed by atoms with van der Waals surface area (Å²) >= 11 is 5.27. The van der Waals surface area contributed by atoms with E-state index in [1.165, 1.54) is 0 Å². The van der Waals surface area contributed by atoms with Crippen LogP contribution in [0, 0.1) is 0 Å². The highest BCUT2D eigenvalue weighted by Crippen LogP contribution is 1.84. The molecule has 0 aromatic rings. The van der Waals surface area contributed by atoms with E-state index >= 15 is 0 Å². The molecule has 0 saturated heterocycles. The van der Waals surface area contributed by atoms with Crippen molar-refractivity contribution in [1.29, 1.82) is 0 Å². The van der Waals surface area contributed by atoms with Gasteiger partial charge in [0.2, 0.25) is 15.2 Å². The van der Waals surface area contributed by atoms with Crippen LogP contribution in [0.4, 0.5) is 0 Å². The average molecular weight is 135 g/mol. The van der Waals surface area contributed by atoms with Gasteiger partial charge in [0, 0.05) is 5.88 Å². The Hall–Kier alpha value is 0.492. The number of carbonyl (C=O) groups is 1. The van der Waals surface area contributed by atoms with Crippen LogP contribution in [-0.4, -0.2) is 27.4 Å². The number of alkyl halides is 1. The molecule has 0 radical (unpaired) electrons. The molecule has 0 aliphatic rings. The maximum absolute atomic E-state index is 9.67. The molecule has 0 aromatic carbocycles. The SMILES string of the molecule is O=C[CH2][AlH][CH2]CCl. The Morgan fingerprint density at radius 1 is 1.71 bits per heavy atom. The molecular weight excluding hydrogens is 126 g/mol. The summed E-state index contributed by atoms with van der Waals surface area (Å²) in [6.45, 7) is 0. The summed E-state index contributed by atoms with van der Waals surface area (Å²) < 4.78 is 0. The lowest BCUT2D eigenvalue weighted by Gasteiger charge is -1.79. The third kappa shape index (κ3) is 6.49. The quantitative estimate of drug-likeness (QED) is 0.239. The van der Waals surface area contributed by atoms with Gasteiger partial charge in [0.15, 0.2) is 0 Å². The maximum atomic E-state index is 9.67. The van der Waals surface area contributed by atoms with Crippen LogP contribution in [0.25, 0.3) is 0 Å². The van der Waals surface area contributed by atoms with Crippen molar-refractivity contribution in [3.63, 3.8) is 0 Å². The summed E-state index contributed by atoms with van der Waals surface area (Å²) in [5.41, 5.74) is 0. The monoisotopic (exact) mass is 134 g/mol. The molecule has 0 unspecified atom stereocenters. The van der Waals surface area contributed by atoms with E-state index in [4.69, 9.17) is 11.6 Å². The number of hydrogen-bond donors (Lipinski definition) is 0. The van der Waals surface area contributed by atoms with Gasteiger partial charge in [0.1, 0.15) is 6.29 Å². The van der Waals surface area contributed by atoms with Crippen molar-refractivity contribution in [2.75, 3.05) is 5.88 Å². The first-order chi connectivity index (χ1) is 3.41. The molecule has 0 aliphatic heterocycles. The Kier molecular flexibility index (Phi) is 6.95. The molecule has 0 aromatic heterocycles. The fourth-order valence-electron chi connectivity index (χ4n) is 0.322. The first-order valence-corrected chi connectivity index (χ1v) is 4.95. The Morgan fingerprint density at radius 2 is 2.43 bits per heavy atom. The lowest BCUT2D eigenvalue weighted by atomic mass is 10.9.